The largest absolute Gasteiger partial charge is 3.00 e. The third-order valence-electron chi connectivity index (χ3n) is 0.850. The van der Waals surface area contributed by atoms with E-state index in [1.165, 1.54) is 0 Å². The van der Waals surface area contributed by atoms with Crippen LogP contribution < -0.4 is 0 Å². The average molecular weight is 728 g/mol. The van der Waals surface area contributed by atoms with Crippen LogP contribution in [0.4, 0.5) is 39.5 Å². The van der Waals surface area contributed by atoms with Gasteiger partial charge in [0.15, 0.2) is 30.4 Å². The molecule has 0 aromatic heterocycles. The molecule has 0 spiro atoms. The molecule has 0 amide bonds. The fourth-order valence-corrected chi connectivity index (χ4v) is 0. The third-order valence-corrected chi connectivity index (χ3v) is 2.55. The first-order chi connectivity index (χ1) is 9.75. The Balaban J connectivity index is -0.0000000240. The SMILES string of the molecule is O.O.O.O.O.O.O=S(=O)([O-])C(F)(F)F.O=S(=O)([O-])C(F)(F)F.O=S(=O)([O-])C(F)(F)F.[Yb+3]. The summed E-state index contributed by atoms with van der Waals surface area (Å²) in [7, 11) is -18.3. The Kier molecular flexibility index (Phi) is 40.5. The van der Waals surface area contributed by atoms with Crippen molar-refractivity contribution in [2.45, 2.75) is 16.5 Å². The number of halogens is 9. The Morgan fingerprint density at radius 3 is 0.419 bits per heavy atom. The Labute approximate surface area is 203 Å². The van der Waals surface area contributed by atoms with Gasteiger partial charge in [0.2, 0.25) is 0 Å². The van der Waals surface area contributed by atoms with Crippen LogP contribution in [0.3, 0.4) is 0 Å². The van der Waals surface area contributed by atoms with Gasteiger partial charge in [-0.05, 0) is 0 Å². The van der Waals surface area contributed by atoms with E-state index in [2.05, 4.69) is 0 Å². The molecule has 28 heteroatoms. The summed E-state index contributed by atoms with van der Waals surface area (Å²) in [4.78, 5) is 0. The minimum atomic E-state index is -6.09. The van der Waals surface area contributed by atoms with E-state index in [1.807, 2.05) is 0 Å². The van der Waals surface area contributed by atoms with Crippen molar-refractivity contribution in [3.05, 3.63) is 0 Å². The third kappa shape index (κ3) is 32.6. The second-order valence-electron chi connectivity index (χ2n) is 2.70. The standard InChI is InChI=1S/3CHF3O3S.6H2O.Yb/c3*2-1(3,4)8(5,6)7;;;;;;;/h3*(H,5,6,7);6*1H2;/q;;;;;;;;;+3/p-3. The van der Waals surface area contributed by atoms with Crippen molar-refractivity contribution in [2.24, 2.45) is 0 Å². The summed E-state index contributed by atoms with van der Waals surface area (Å²) in [6.07, 6.45) is 0. The topological polar surface area (TPSA) is 361 Å². The monoisotopic (exact) mass is 729 g/mol. The van der Waals surface area contributed by atoms with Gasteiger partial charge < -0.3 is 46.5 Å². The molecule has 0 fully saturated rings. The van der Waals surface area contributed by atoms with Crippen LogP contribution in [0.5, 0.6) is 0 Å². The molecule has 12 N–H and O–H groups in total. The predicted octanol–water partition coefficient (Wildman–Crippen LogP) is -4.79. The van der Waals surface area contributed by atoms with E-state index in [4.69, 9.17) is 38.9 Å². The minimum Gasteiger partial charge on any atom is -0.741 e. The van der Waals surface area contributed by atoms with Crippen LogP contribution in [-0.2, 0) is 30.4 Å². The normalized spacial score (nSPS) is 10.8. The van der Waals surface area contributed by atoms with Crippen molar-refractivity contribution < 1.29 is 158 Å². The molecule has 0 aromatic rings. The molecule has 0 aliphatic carbocycles. The number of alkyl halides is 9. The van der Waals surface area contributed by atoms with E-state index in [0.717, 1.165) is 0 Å². The Bertz CT molecular complexity index is 604. The van der Waals surface area contributed by atoms with Crippen molar-refractivity contribution in [1.29, 1.82) is 0 Å². The van der Waals surface area contributed by atoms with E-state index in [0.29, 0.717) is 0 Å². The zero-order chi connectivity index (χ0) is 21.0. The molecule has 0 saturated carbocycles. The van der Waals surface area contributed by atoms with E-state index in [1.54, 1.807) is 0 Å². The van der Waals surface area contributed by atoms with Gasteiger partial charge in [0, 0.05) is 0 Å². The van der Waals surface area contributed by atoms with Gasteiger partial charge in [0.05, 0.1) is 0 Å². The summed E-state index contributed by atoms with van der Waals surface area (Å²) in [5.74, 6) is 0. The van der Waals surface area contributed by atoms with Crippen LogP contribution in [0.25, 0.3) is 0 Å². The fourth-order valence-electron chi connectivity index (χ4n) is 0. The van der Waals surface area contributed by atoms with Crippen molar-refractivity contribution in [2.75, 3.05) is 0 Å². The zero-order valence-corrected chi connectivity index (χ0v) is 17.2. The first kappa shape index (κ1) is 63.4. The molecule has 0 aliphatic heterocycles. The van der Waals surface area contributed by atoms with Crippen LogP contribution in [-0.4, -0.2) is 88.3 Å². The van der Waals surface area contributed by atoms with Gasteiger partial charge in [-0.15, -0.1) is 0 Å². The Morgan fingerprint density at radius 1 is 0.387 bits per heavy atom. The summed E-state index contributed by atoms with van der Waals surface area (Å²) >= 11 is 0. The maximum absolute atomic E-state index is 10.7. The molecule has 0 atom stereocenters. The number of hydrogen-bond donors (Lipinski definition) is 0. The second kappa shape index (κ2) is 19.8. The van der Waals surface area contributed by atoms with Crippen LogP contribution in [0, 0.1) is 46.9 Å². The first-order valence-electron chi connectivity index (χ1n) is 3.81. The summed E-state index contributed by atoms with van der Waals surface area (Å²) in [5.41, 5.74) is -16.9. The quantitative estimate of drug-likeness (QED) is 0.131. The summed E-state index contributed by atoms with van der Waals surface area (Å²) in [6.45, 7) is 0. The van der Waals surface area contributed by atoms with Gasteiger partial charge in [-0.25, -0.2) is 25.3 Å². The average Bonchev–Trinajstić information content (AvgIpc) is 2.08. The van der Waals surface area contributed by atoms with Gasteiger partial charge in [0.25, 0.3) is 0 Å². The molecule has 0 heterocycles. The molecule has 0 aliphatic rings. The maximum Gasteiger partial charge on any atom is 3.00 e. The Morgan fingerprint density at radius 2 is 0.419 bits per heavy atom. The predicted molar refractivity (Wildman–Crippen MR) is 68.9 cm³/mol. The van der Waals surface area contributed by atoms with Gasteiger partial charge in [-0.1, -0.05) is 0 Å². The molecule has 0 aromatic carbocycles. The van der Waals surface area contributed by atoms with Crippen LogP contribution in [0.15, 0.2) is 0 Å². The van der Waals surface area contributed by atoms with Crippen molar-refractivity contribution >= 4 is 30.4 Å². The van der Waals surface area contributed by atoms with Crippen LogP contribution >= 0.6 is 0 Å². The second-order valence-corrected chi connectivity index (χ2v) is 6.81. The van der Waals surface area contributed by atoms with Gasteiger partial charge in [-0.2, -0.15) is 39.5 Å². The van der Waals surface area contributed by atoms with E-state index < -0.39 is 46.9 Å². The van der Waals surface area contributed by atoms with Crippen LogP contribution in [0.1, 0.15) is 0 Å². The molecule has 0 bridgehead atoms. The van der Waals surface area contributed by atoms with E-state index >= 15 is 0 Å². The summed E-state index contributed by atoms with van der Waals surface area (Å²) in [5, 5.41) is 0. The molecule has 1 radical (unpaired) electrons. The summed E-state index contributed by atoms with van der Waals surface area (Å²) in [6, 6.07) is 0. The fraction of sp³-hybridized carbons (Fsp3) is 1.00. The first-order valence-corrected chi connectivity index (χ1v) is 8.04. The number of hydrogen-bond acceptors (Lipinski definition) is 9. The van der Waals surface area contributed by atoms with Gasteiger partial charge >= 0.3 is 63.4 Å². The zero-order valence-electron chi connectivity index (χ0n) is 13.1. The molecule has 15 nitrogen and oxygen atoms in total. The Hall–Kier alpha value is 0.379. The molecule has 0 rings (SSSR count). The van der Waals surface area contributed by atoms with Crippen molar-refractivity contribution in [1.82, 2.24) is 0 Å². The molecule has 209 valence electrons. The van der Waals surface area contributed by atoms with E-state index in [9.17, 15) is 39.5 Å². The molecular formula is C3H12F9O15S3Yb. The van der Waals surface area contributed by atoms with Crippen molar-refractivity contribution in [3.8, 4) is 0 Å². The minimum absolute atomic E-state index is 0. The smallest absolute Gasteiger partial charge is 0.741 e. The molecular weight excluding hydrogens is 716 g/mol. The maximum atomic E-state index is 10.7. The number of rotatable bonds is 0. The van der Waals surface area contributed by atoms with Crippen LogP contribution in [0.2, 0.25) is 0 Å². The molecule has 31 heavy (non-hydrogen) atoms. The van der Waals surface area contributed by atoms with Crippen molar-refractivity contribution in [3.63, 3.8) is 0 Å². The summed E-state index contributed by atoms with van der Waals surface area (Å²) < 4.78 is 177. The van der Waals surface area contributed by atoms with Gasteiger partial charge in [-0.3, -0.25) is 0 Å². The van der Waals surface area contributed by atoms with Gasteiger partial charge in [0.1, 0.15) is 0 Å². The molecule has 0 saturated heterocycles. The van der Waals surface area contributed by atoms with E-state index in [-0.39, 0.29) is 79.8 Å². The molecule has 0 unspecified atom stereocenters.